The van der Waals surface area contributed by atoms with Crippen molar-refractivity contribution in [2.24, 2.45) is 4.99 Å². The molecule has 2 aromatic heterocycles. The molecule has 1 N–H and O–H groups in total. The van der Waals surface area contributed by atoms with E-state index in [1.807, 2.05) is 16.7 Å². The first-order chi connectivity index (χ1) is 15.0. The third-order valence-electron chi connectivity index (χ3n) is 5.38. The molecule has 31 heavy (non-hydrogen) atoms. The molecule has 0 unspecified atom stereocenters. The van der Waals surface area contributed by atoms with Crippen molar-refractivity contribution in [3.05, 3.63) is 59.4 Å². The van der Waals surface area contributed by atoms with Crippen LogP contribution in [0.5, 0.6) is 5.75 Å². The highest BCUT2D eigenvalue weighted by atomic mass is 16.5. The Balaban J connectivity index is 1.80. The first-order valence-electron chi connectivity index (χ1n) is 10.7. The van der Waals surface area contributed by atoms with Gasteiger partial charge in [-0.3, -0.25) is 0 Å². The van der Waals surface area contributed by atoms with Crippen LogP contribution in [0, 0.1) is 13.8 Å². The van der Waals surface area contributed by atoms with Crippen LogP contribution in [0.1, 0.15) is 36.6 Å². The van der Waals surface area contributed by atoms with Crippen molar-refractivity contribution in [1.29, 1.82) is 0 Å². The zero-order valence-corrected chi connectivity index (χ0v) is 19.4. The van der Waals surface area contributed by atoms with Crippen LogP contribution in [0.25, 0.3) is 5.69 Å². The van der Waals surface area contributed by atoms with Crippen LogP contribution >= 0.6 is 0 Å². The van der Waals surface area contributed by atoms with Gasteiger partial charge in [-0.15, -0.1) is 10.2 Å². The highest BCUT2D eigenvalue weighted by Crippen LogP contribution is 2.23. The van der Waals surface area contributed by atoms with Gasteiger partial charge in [-0.25, -0.2) is 4.99 Å². The summed E-state index contributed by atoms with van der Waals surface area (Å²) >= 11 is 0. The van der Waals surface area contributed by atoms with E-state index in [2.05, 4.69) is 77.9 Å². The second-order valence-corrected chi connectivity index (χ2v) is 7.49. The molecule has 0 atom stereocenters. The maximum atomic E-state index is 5.29. The van der Waals surface area contributed by atoms with Gasteiger partial charge < -0.3 is 24.1 Å². The number of methoxy groups -OCH3 is 1. The molecule has 0 radical (unpaired) electrons. The summed E-state index contributed by atoms with van der Waals surface area (Å²) < 4.78 is 9.57. The fourth-order valence-electron chi connectivity index (χ4n) is 3.73. The summed E-state index contributed by atoms with van der Waals surface area (Å²) in [4.78, 5) is 6.93. The number of ether oxygens (including phenoxy) is 1. The van der Waals surface area contributed by atoms with Crippen LogP contribution in [0.2, 0.25) is 0 Å². The predicted octanol–water partition coefficient (Wildman–Crippen LogP) is 3.31. The van der Waals surface area contributed by atoms with E-state index >= 15 is 0 Å². The van der Waals surface area contributed by atoms with Crippen LogP contribution in [0.4, 0.5) is 0 Å². The van der Waals surface area contributed by atoms with Crippen molar-refractivity contribution in [3.8, 4) is 11.4 Å². The van der Waals surface area contributed by atoms with Crippen molar-refractivity contribution in [2.45, 2.75) is 47.3 Å². The summed E-state index contributed by atoms with van der Waals surface area (Å²) in [6.45, 7) is 11.3. The molecule has 8 nitrogen and oxygen atoms in total. The van der Waals surface area contributed by atoms with Crippen LogP contribution in [0.15, 0.2) is 41.7 Å². The zero-order valence-electron chi connectivity index (χ0n) is 19.4. The standard InChI is InChI=1S/C23H33N7O/c1-7-24-23(25-14-22-27-26-16-29(22)8-2)28(5)15-19-13-17(3)30(18(19)4)20-9-11-21(31-6)12-10-20/h9-13,16H,7-8,14-15H2,1-6H3,(H,24,25). The third kappa shape index (κ3) is 5.07. The molecule has 3 aromatic rings. The van der Waals surface area contributed by atoms with Crippen molar-refractivity contribution in [2.75, 3.05) is 20.7 Å². The normalized spacial score (nSPS) is 11.6. The van der Waals surface area contributed by atoms with Gasteiger partial charge in [0.25, 0.3) is 0 Å². The lowest BCUT2D eigenvalue weighted by molar-refractivity contribution is 0.414. The van der Waals surface area contributed by atoms with Crippen LogP contribution in [0.3, 0.4) is 0 Å². The molecule has 166 valence electrons. The van der Waals surface area contributed by atoms with E-state index in [0.29, 0.717) is 6.54 Å². The van der Waals surface area contributed by atoms with Gasteiger partial charge >= 0.3 is 0 Å². The van der Waals surface area contributed by atoms with Gasteiger partial charge in [-0.1, -0.05) is 0 Å². The molecule has 1 aromatic carbocycles. The highest BCUT2D eigenvalue weighted by Gasteiger charge is 2.15. The Kier molecular flexibility index (Phi) is 7.33. The van der Waals surface area contributed by atoms with Gasteiger partial charge in [0.1, 0.15) is 18.6 Å². The lowest BCUT2D eigenvalue weighted by Gasteiger charge is -2.22. The molecule has 0 spiro atoms. The van der Waals surface area contributed by atoms with E-state index in [1.165, 1.54) is 17.0 Å². The minimum atomic E-state index is 0.491. The fraction of sp³-hybridized carbons (Fsp3) is 0.435. The summed E-state index contributed by atoms with van der Waals surface area (Å²) in [5, 5.41) is 11.6. The average Bonchev–Trinajstić information content (AvgIpc) is 3.34. The molecule has 2 heterocycles. The van der Waals surface area contributed by atoms with Gasteiger partial charge in [0.05, 0.1) is 7.11 Å². The van der Waals surface area contributed by atoms with E-state index in [9.17, 15) is 0 Å². The Bertz CT molecular complexity index is 1020. The predicted molar refractivity (Wildman–Crippen MR) is 124 cm³/mol. The number of hydrogen-bond donors (Lipinski definition) is 1. The molecule has 0 saturated carbocycles. The number of rotatable bonds is 8. The van der Waals surface area contributed by atoms with E-state index in [1.54, 1.807) is 13.4 Å². The average molecular weight is 424 g/mol. The molecule has 0 fully saturated rings. The van der Waals surface area contributed by atoms with E-state index in [-0.39, 0.29) is 0 Å². The second-order valence-electron chi connectivity index (χ2n) is 7.49. The monoisotopic (exact) mass is 423 g/mol. The van der Waals surface area contributed by atoms with E-state index in [0.717, 1.165) is 42.9 Å². The van der Waals surface area contributed by atoms with E-state index in [4.69, 9.17) is 9.73 Å². The number of aliphatic imine (C=N–C) groups is 1. The number of benzene rings is 1. The molecule has 0 bridgehead atoms. The largest absolute Gasteiger partial charge is 0.497 e. The Morgan fingerprint density at radius 3 is 2.58 bits per heavy atom. The molecule has 0 saturated heterocycles. The van der Waals surface area contributed by atoms with Crippen molar-refractivity contribution in [1.82, 2.24) is 29.5 Å². The molecule has 0 amide bonds. The summed E-state index contributed by atoms with van der Waals surface area (Å²) in [6, 6.07) is 10.4. The van der Waals surface area contributed by atoms with Gasteiger partial charge in [0, 0.05) is 43.8 Å². The Hall–Kier alpha value is -3.29. The van der Waals surface area contributed by atoms with Gasteiger partial charge in [0.15, 0.2) is 11.8 Å². The van der Waals surface area contributed by atoms with Gasteiger partial charge in [0.2, 0.25) is 0 Å². The topological polar surface area (TPSA) is 72.5 Å². The number of hydrogen-bond acceptors (Lipinski definition) is 4. The van der Waals surface area contributed by atoms with Crippen molar-refractivity contribution < 1.29 is 4.74 Å². The molecular weight excluding hydrogens is 390 g/mol. The van der Waals surface area contributed by atoms with Crippen LogP contribution < -0.4 is 10.1 Å². The number of guanidine groups is 1. The van der Waals surface area contributed by atoms with E-state index < -0.39 is 0 Å². The lowest BCUT2D eigenvalue weighted by Crippen LogP contribution is -2.38. The fourth-order valence-corrected chi connectivity index (χ4v) is 3.73. The minimum Gasteiger partial charge on any atom is -0.497 e. The Morgan fingerprint density at radius 2 is 1.94 bits per heavy atom. The number of nitrogens with zero attached hydrogens (tertiary/aromatic N) is 6. The van der Waals surface area contributed by atoms with Gasteiger partial charge in [-0.2, -0.15) is 0 Å². The smallest absolute Gasteiger partial charge is 0.194 e. The Labute approximate surface area is 184 Å². The first-order valence-corrected chi connectivity index (χ1v) is 10.7. The maximum absolute atomic E-state index is 5.29. The summed E-state index contributed by atoms with van der Waals surface area (Å²) in [7, 11) is 3.75. The molecule has 0 aliphatic heterocycles. The third-order valence-corrected chi connectivity index (χ3v) is 5.38. The quantitative estimate of drug-likeness (QED) is 0.445. The van der Waals surface area contributed by atoms with Crippen LogP contribution in [-0.2, 0) is 19.6 Å². The highest BCUT2D eigenvalue weighted by molar-refractivity contribution is 5.79. The molecule has 0 aliphatic rings. The summed E-state index contributed by atoms with van der Waals surface area (Å²) in [5.41, 5.74) is 4.81. The minimum absolute atomic E-state index is 0.491. The second kappa shape index (κ2) is 10.1. The van der Waals surface area contributed by atoms with Crippen molar-refractivity contribution in [3.63, 3.8) is 0 Å². The zero-order chi connectivity index (χ0) is 22.4. The molecule has 3 rings (SSSR count). The molecule has 0 aliphatic carbocycles. The maximum Gasteiger partial charge on any atom is 0.194 e. The molecule has 8 heteroatoms. The SMILES string of the molecule is CCNC(=NCc1nncn1CC)N(C)Cc1cc(C)n(-c2ccc(OC)cc2)c1C. The lowest BCUT2D eigenvalue weighted by atomic mass is 10.2. The Morgan fingerprint density at radius 1 is 1.19 bits per heavy atom. The first kappa shape index (κ1) is 22.4. The number of aryl methyl sites for hydroxylation is 2. The summed E-state index contributed by atoms with van der Waals surface area (Å²) in [6.07, 6.45) is 1.75. The molecular formula is C23H33N7O. The van der Waals surface area contributed by atoms with Crippen molar-refractivity contribution >= 4 is 5.96 Å². The number of aromatic nitrogens is 4. The van der Waals surface area contributed by atoms with Crippen LogP contribution in [-0.4, -0.2) is 50.9 Å². The van der Waals surface area contributed by atoms with Gasteiger partial charge in [-0.05, 0) is 63.6 Å². The number of nitrogens with one attached hydrogen (secondary N) is 1. The summed E-state index contributed by atoms with van der Waals surface area (Å²) in [5.74, 6) is 2.57.